The average molecular weight is 274 g/mol. The highest BCUT2D eigenvalue weighted by molar-refractivity contribution is 6.28. The molecule has 0 fully saturated rings. The molecule has 5 heteroatoms. The van der Waals surface area contributed by atoms with Crippen LogP contribution in [0.25, 0.3) is 0 Å². The third-order valence-electron chi connectivity index (χ3n) is 2.72. The molecular weight excluding hydrogens is 253 g/mol. The number of anilines is 1. The molecule has 1 N–H and O–H groups in total. The van der Waals surface area contributed by atoms with Crippen molar-refractivity contribution in [1.29, 1.82) is 0 Å². The summed E-state index contributed by atoms with van der Waals surface area (Å²) in [6, 6.07) is 0. The number of rotatable bonds is 8. The highest BCUT2D eigenvalue weighted by atomic mass is 35.5. The second kappa shape index (κ2) is 8.25. The van der Waals surface area contributed by atoms with Crippen LogP contribution in [-0.2, 0) is 0 Å². The second-order valence-corrected chi connectivity index (χ2v) is 5.20. The van der Waals surface area contributed by atoms with Crippen LogP contribution in [0.3, 0.4) is 0 Å². The Bertz CT molecular complexity index is 358. The maximum Gasteiger partial charge on any atom is 0.224 e. The van der Waals surface area contributed by atoms with Crippen molar-refractivity contribution in [2.75, 3.05) is 11.9 Å². The van der Waals surface area contributed by atoms with E-state index < -0.39 is 5.82 Å². The van der Waals surface area contributed by atoms with Gasteiger partial charge in [0, 0.05) is 6.54 Å². The first-order valence-corrected chi connectivity index (χ1v) is 6.89. The van der Waals surface area contributed by atoms with Crippen LogP contribution >= 0.6 is 11.6 Å². The van der Waals surface area contributed by atoms with E-state index in [1.165, 1.54) is 19.3 Å². The molecule has 0 aliphatic rings. The minimum atomic E-state index is -0.459. The first-order valence-electron chi connectivity index (χ1n) is 6.51. The highest BCUT2D eigenvalue weighted by Gasteiger charge is 2.04. The van der Waals surface area contributed by atoms with Gasteiger partial charge in [-0.05, 0) is 23.9 Å². The summed E-state index contributed by atoms with van der Waals surface area (Å²) in [5.41, 5.74) is 0. The van der Waals surface area contributed by atoms with Gasteiger partial charge >= 0.3 is 0 Å². The van der Waals surface area contributed by atoms with Crippen molar-refractivity contribution in [3.8, 4) is 0 Å². The second-order valence-electron chi connectivity index (χ2n) is 4.86. The molecule has 1 heterocycles. The summed E-state index contributed by atoms with van der Waals surface area (Å²) in [6.07, 6.45) is 7.03. The van der Waals surface area contributed by atoms with Gasteiger partial charge in [-0.15, -0.1) is 0 Å². The van der Waals surface area contributed by atoms with Gasteiger partial charge in [0.15, 0.2) is 11.6 Å². The normalized spacial score (nSPS) is 10.9. The van der Waals surface area contributed by atoms with Crippen LogP contribution in [0, 0.1) is 11.7 Å². The highest BCUT2D eigenvalue weighted by Crippen LogP contribution is 2.13. The molecule has 102 valence electrons. The van der Waals surface area contributed by atoms with Crippen LogP contribution in [-0.4, -0.2) is 16.5 Å². The lowest BCUT2D eigenvalue weighted by molar-refractivity contribution is 0.522. The van der Waals surface area contributed by atoms with Gasteiger partial charge < -0.3 is 5.32 Å². The van der Waals surface area contributed by atoms with Crippen LogP contribution in [0.1, 0.15) is 46.0 Å². The molecule has 0 amide bonds. The predicted octanol–water partition coefficient (Wildman–Crippen LogP) is 4.29. The molecular formula is C13H21ClFN3. The van der Waals surface area contributed by atoms with E-state index in [2.05, 4.69) is 29.1 Å². The molecule has 0 saturated heterocycles. The van der Waals surface area contributed by atoms with Crippen molar-refractivity contribution >= 4 is 17.4 Å². The summed E-state index contributed by atoms with van der Waals surface area (Å²) in [5.74, 6) is 0.511. The maximum atomic E-state index is 13.2. The molecule has 0 radical (unpaired) electrons. The zero-order chi connectivity index (χ0) is 13.4. The molecule has 18 heavy (non-hydrogen) atoms. The van der Waals surface area contributed by atoms with Crippen LogP contribution in [0.2, 0.25) is 5.28 Å². The number of unbranched alkanes of at least 4 members (excludes halogenated alkanes) is 3. The van der Waals surface area contributed by atoms with Gasteiger partial charge in [-0.2, -0.15) is 4.98 Å². The van der Waals surface area contributed by atoms with E-state index in [1.807, 2.05) is 0 Å². The van der Waals surface area contributed by atoms with Gasteiger partial charge in [0.25, 0.3) is 0 Å². The molecule has 0 saturated carbocycles. The zero-order valence-electron chi connectivity index (χ0n) is 11.0. The minimum absolute atomic E-state index is 0.0656. The monoisotopic (exact) mass is 273 g/mol. The number of nitrogens with one attached hydrogen (secondary N) is 1. The van der Waals surface area contributed by atoms with Crippen molar-refractivity contribution in [1.82, 2.24) is 9.97 Å². The quantitative estimate of drug-likeness (QED) is 0.567. The fourth-order valence-corrected chi connectivity index (χ4v) is 1.84. The number of hydrogen-bond donors (Lipinski definition) is 1. The number of aromatic nitrogens is 2. The number of nitrogens with zero attached hydrogens (tertiary/aromatic N) is 2. The Labute approximate surface area is 113 Å². The standard InChI is InChI=1S/C13H21ClFN3/c1-10(2)7-5-3-4-6-8-16-12-11(15)9-17-13(14)18-12/h9-10H,3-8H2,1-2H3,(H,16,17,18). The van der Waals surface area contributed by atoms with E-state index in [0.717, 1.165) is 25.0 Å². The number of halogens is 2. The SMILES string of the molecule is CC(C)CCCCCCNc1nc(Cl)ncc1F. The van der Waals surface area contributed by atoms with Crippen molar-refractivity contribution in [3.63, 3.8) is 0 Å². The topological polar surface area (TPSA) is 37.8 Å². The molecule has 0 aromatic carbocycles. The predicted molar refractivity (Wildman–Crippen MR) is 73.4 cm³/mol. The summed E-state index contributed by atoms with van der Waals surface area (Å²) in [7, 11) is 0. The Morgan fingerprint density at radius 2 is 2.00 bits per heavy atom. The van der Waals surface area contributed by atoms with Gasteiger partial charge in [0.05, 0.1) is 6.20 Å². The summed E-state index contributed by atoms with van der Waals surface area (Å²) in [5, 5.41) is 3.01. The molecule has 1 aromatic rings. The molecule has 1 rings (SSSR count). The van der Waals surface area contributed by atoms with E-state index in [1.54, 1.807) is 0 Å². The molecule has 3 nitrogen and oxygen atoms in total. The third kappa shape index (κ3) is 6.15. The Morgan fingerprint density at radius 3 is 2.72 bits per heavy atom. The summed E-state index contributed by atoms with van der Waals surface area (Å²) in [4.78, 5) is 7.36. The van der Waals surface area contributed by atoms with Crippen LogP contribution in [0.5, 0.6) is 0 Å². The minimum Gasteiger partial charge on any atom is -0.367 e. The van der Waals surface area contributed by atoms with Gasteiger partial charge in [0.2, 0.25) is 5.28 Å². The largest absolute Gasteiger partial charge is 0.367 e. The Hall–Kier alpha value is -0.900. The maximum absolute atomic E-state index is 13.2. The molecule has 0 aliphatic heterocycles. The third-order valence-corrected chi connectivity index (χ3v) is 2.90. The van der Waals surface area contributed by atoms with Gasteiger partial charge in [-0.25, -0.2) is 9.37 Å². The summed E-state index contributed by atoms with van der Waals surface area (Å²) in [6.45, 7) is 5.19. The molecule has 0 spiro atoms. The van der Waals surface area contributed by atoms with E-state index >= 15 is 0 Å². The Balaban J connectivity index is 2.12. The molecule has 0 bridgehead atoms. The van der Waals surface area contributed by atoms with Gasteiger partial charge in [-0.3, -0.25) is 0 Å². The van der Waals surface area contributed by atoms with Crippen molar-refractivity contribution < 1.29 is 4.39 Å². The lowest BCUT2D eigenvalue weighted by Gasteiger charge is -2.07. The first-order chi connectivity index (χ1) is 8.59. The van der Waals surface area contributed by atoms with Crippen LogP contribution < -0.4 is 5.32 Å². The van der Waals surface area contributed by atoms with Crippen molar-refractivity contribution in [2.45, 2.75) is 46.0 Å². The van der Waals surface area contributed by atoms with Gasteiger partial charge in [0.1, 0.15) is 0 Å². The van der Waals surface area contributed by atoms with Crippen molar-refractivity contribution in [2.24, 2.45) is 5.92 Å². The Morgan fingerprint density at radius 1 is 1.28 bits per heavy atom. The van der Waals surface area contributed by atoms with E-state index in [9.17, 15) is 4.39 Å². The fourth-order valence-electron chi connectivity index (χ4n) is 1.71. The van der Waals surface area contributed by atoms with E-state index in [0.29, 0.717) is 6.54 Å². The lowest BCUT2D eigenvalue weighted by atomic mass is 10.0. The smallest absolute Gasteiger partial charge is 0.224 e. The Kier molecular flexibility index (Phi) is 6.94. The van der Waals surface area contributed by atoms with E-state index in [-0.39, 0.29) is 11.1 Å². The summed E-state index contributed by atoms with van der Waals surface area (Å²) < 4.78 is 13.2. The average Bonchev–Trinajstić information content (AvgIpc) is 2.32. The molecule has 0 unspecified atom stereocenters. The first kappa shape index (κ1) is 15.2. The lowest BCUT2D eigenvalue weighted by Crippen LogP contribution is -2.06. The summed E-state index contributed by atoms with van der Waals surface area (Å²) >= 11 is 5.60. The van der Waals surface area contributed by atoms with Crippen LogP contribution in [0.4, 0.5) is 10.2 Å². The molecule has 0 aliphatic carbocycles. The fraction of sp³-hybridized carbons (Fsp3) is 0.692. The van der Waals surface area contributed by atoms with Gasteiger partial charge in [-0.1, -0.05) is 39.5 Å². The van der Waals surface area contributed by atoms with E-state index in [4.69, 9.17) is 11.6 Å². The number of hydrogen-bond acceptors (Lipinski definition) is 3. The molecule has 1 aromatic heterocycles. The zero-order valence-corrected chi connectivity index (χ0v) is 11.8. The van der Waals surface area contributed by atoms with Crippen molar-refractivity contribution in [3.05, 3.63) is 17.3 Å². The molecule has 0 atom stereocenters. The van der Waals surface area contributed by atoms with Crippen LogP contribution in [0.15, 0.2) is 6.20 Å².